The molecule has 0 aromatic heterocycles. The van der Waals surface area contributed by atoms with Crippen LogP contribution in [-0.2, 0) is 6.54 Å². The van der Waals surface area contributed by atoms with Gasteiger partial charge >= 0.3 is 0 Å². The Morgan fingerprint density at radius 2 is 1.85 bits per heavy atom. The standard InChI is InChI=1S/C16H17Br2NO/c1-11(2)20-16-6-4-3-5-12(16)10-19-15-8-7-13(17)9-14(15)18/h3-9,11,19H,10H2,1-2H3. The number of hydrogen-bond acceptors (Lipinski definition) is 2. The van der Waals surface area contributed by atoms with Crippen LogP contribution in [0.25, 0.3) is 0 Å². The van der Waals surface area contributed by atoms with Gasteiger partial charge in [0.25, 0.3) is 0 Å². The van der Waals surface area contributed by atoms with Crippen molar-refractivity contribution in [2.24, 2.45) is 0 Å². The van der Waals surface area contributed by atoms with Crippen molar-refractivity contribution in [3.05, 3.63) is 57.0 Å². The van der Waals surface area contributed by atoms with Crippen LogP contribution in [0, 0.1) is 0 Å². The zero-order valence-corrected chi connectivity index (χ0v) is 14.7. The monoisotopic (exact) mass is 397 g/mol. The maximum Gasteiger partial charge on any atom is 0.124 e. The Hall–Kier alpha value is -1.000. The number of nitrogens with one attached hydrogen (secondary N) is 1. The predicted molar refractivity (Wildman–Crippen MR) is 91.4 cm³/mol. The molecule has 0 amide bonds. The molecule has 0 saturated heterocycles. The summed E-state index contributed by atoms with van der Waals surface area (Å²) < 4.78 is 7.91. The molecular formula is C16H17Br2NO. The van der Waals surface area contributed by atoms with Crippen molar-refractivity contribution in [2.75, 3.05) is 5.32 Å². The zero-order valence-electron chi connectivity index (χ0n) is 11.5. The minimum atomic E-state index is 0.176. The van der Waals surface area contributed by atoms with Crippen LogP contribution < -0.4 is 10.1 Å². The summed E-state index contributed by atoms with van der Waals surface area (Å²) in [7, 11) is 0. The van der Waals surface area contributed by atoms with E-state index >= 15 is 0 Å². The first-order valence-electron chi connectivity index (χ1n) is 6.49. The van der Waals surface area contributed by atoms with E-state index in [-0.39, 0.29) is 6.10 Å². The van der Waals surface area contributed by atoms with Crippen LogP contribution in [0.3, 0.4) is 0 Å². The van der Waals surface area contributed by atoms with Gasteiger partial charge in [-0.15, -0.1) is 0 Å². The molecule has 2 rings (SSSR count). The first-order valence-corrected chi connectivity index (χ1v) is 8.08. The van der Waals surface area contributed by atoms with Crippen molar-refractivity contribution in [1.82, 2.24) is 0 Å². The molecule has 0 aliphatic rings. The molecular weight excluding hydrogens is 382 g/mol. The Kier molecular flexibility index (Phi) is 5.49. The van der Waals surface area contributed by atoms with E-state index in [1.807, 2.05) is 50.2 Å². The third-order valence-corrected chi connectivity index (χ3v) is 3.89. The molecule has 0 atom stereocenters. The quantitative estimate of drug-likeness (QED) is 0.706. The largest absolute Gasteiger partial charge is 0.491 e. The highest BCUT2D eigenvalue weighted by Gasteiger charge is 2.06. The van der Waals surface area contributed by atoms with Gasteiger partial charge in [0.15, 0.2) is 0 Å². The molecule has 106 valence electrons. The number of anilines is 1. The Morgan fingerprint density at radius 1 is 1.10 bits per heavy atom. The highest BCUT2D eigenvalue weighted by Crippen LogP contribution is 2.27. The molecule has 0 heterocycles. The fraction of sp³-hybridized carbons (Fsp3) is 0.250. The van der Waals surface area contributed by atoms with Crippen LogP contribution in [0.4, 0.5) is 5.69 Å². The molecule has 0 saturated carbocycles. The molecule has 2 aromatic rings. The molecule has 0 radical (unpaired) electrons. The van der Waals surface area contributed by atoms with E-state index in [9.17, 15) is 0 Å². The Balaban J connectivity index is 2.10. The van der Waals surface area contributed by atoms with Crippen LogP contribution in [-0.4, -0.2) is 6.10 Å². The lowest BCUT2D eigenvalue weighted by Gasteiger charge is -2.15. The molecule has 0 aliphatic carbocycles. The first-order chi connectivity index (χ1) is 9.56. The minimum Gasteiger partial charge on any atom is -0.491 e. The summed E-state index contributed by atoms with van der Waals surface area (Å²) in [6, 6.07) is 14.2. The smallest absolute Gasteiger partial charge is 0.124 e. The third-order valence-electron chi connectivity index (χ3n) is 2.74. The summed E-state index contributed by atoms with van der Waals surface area (Å²) in [5.74, 6) is 0.934. The number of rotatable bonds is 5. The fourth-order valence-corrected chi connectivity index (χ4v) is 3.03. The number of halogens is 2. The van der Waals surface area contributed by atoms with Crippen LogP contribution in [0.1, 0.15) is 19.4 Å². The Labute approximate surface area is 136 Å². The molecule has 0 aliphatic heterocycles. The number of para-hydroxylation sites is 1. The summed E-state index contributed by atoms with van der Waals surface area (Å²) in [5.41, 5.74) is 2.21. The first kappa shape index (κ1) is 15.4. The second-order valence-corrected chi connectivity index (χ2v) is 6.52. The highest BCUT2D eigenvalue weighted by molar-refractivity contribution is 9.11. The van der Waals surface area contributed by atoms with E-state index in [0.29, 0.717) is 0 Å². The van der Waals surface area contributed by atoms with E-state index in [2.05, 4.69) is 43.2 Å². The summed E-state index contributed by atoms with van der Waals surface area (Å²) in [4.78, 5) is 0. The van der Waals surface area contributed by atoms with Gasteiger partial charge in [0.2, 0.25) is 0 Å². The molecule has 0 fully saturated rings. The van der Waals surface area contributed by atoms with E-state index in [4.69, 9.17) is 4.74 Å². The topological polar surface area (TPSA) is 21.3 Å². The maximum absolute atomic E-state index is 5.82. The summed E-state index contributed by atoms with van der Waals surface area (Å²) >= 11 is 7.01. The molecule has 4 heteroatoms. The van der Waals surface area contributed by atoms with Gasteiger partial charge in [0.05, 0.1) is 6.10 Å². The van der Waals surface area contributed by atoms with E-state index in [1.165, 1.54) is 0 Å². The lowest BCUT2D eigenvalue weighted by molar-refractivity contribution is 0.240. The van der Waals surface area contributed by atoms with Crippen molar-refractivity contribution < 1.29 is 4.74 Å². The van der Waals surface area contributed by atoms with Crippen LogP contribution in [0.15, 0.2) is 51.4 Å². The predicted octanol–water partition coefficient (Wildman–Crippen LogP) is 5.61. The SMILES string of the molecule is CC(C)Oc1ccccc1CNc1ccc(Br)cc1Br. The fourth-order valence-electron chi connectivity index (χ4n) is 1.84. The number of hydrogen-bond donors (Lipinski definition) is 1. The number of ether oxygens (including phenoxy) is 1. The lowest BCUT2D eigenvalue weighted by atomic mass is 10.2. The minimum absolute atomic E-state index is 0.176. The summed E-state index contributed by atoms with van der Waals surface area (Å²) in [6.45, 7) is 4.80. The second kappa shape index (κ2) is 7.14. The maximum atomic E-state index is 5.82. The van der Waals surface area contributed by atoms with Crippen molar-refractivity contribution in [2.45, 2.75) is 26.5 Å². The summed E-state index contributed by atoms with van der Waals surface area (Å²) in [6.07, 6.45) is 0.176. The van der Waals surface area contributed by atoms with E-state index in [1.54, 1.807) is 0 Å². The van der Waals surface area contributed by atoms with Gasteiger partial charge in [0, 0.05) is 26.7 Å². The van der Waals surface area contributed by atoms with Crippen molar-refractivity contribution in [3.8, 4) is 5.75 Å². The second-order valence-electron chi connectivity index (χ2n) is 4.75. The molecule has 0 unspecified atom stereocenters. The van der Waals surface area contributed by atoms with Crippen LogP contribution in [0.5, 0.6) is 5.75 Å². The Morgan fingerprint density at radius 3 is 2.55 bits per heavy atom. The summed E-state index contributed by atoms with van der Waals surface area (Å²) in [5, 5.41) is 3.42. The molecule has 1 N–H and O–H groups in total. The zero-order chi connectivity index (χ0) is 14.5. The van der Waals surface area contributed by atoms with Gasteiger partial charge in [-0.25, -0.2) is 0 Å². The van der Waals surface area contributed by atoms with Gasteiger partial charge in [0.1, 0.15) is 5.75 Å². The van der Waals surface area contributed by atoms with Gasteiger partial charge in [-0.1, -0.05) is 34.1 Å². The number of benzene rings is 2. The average Bonchev–Trinajstić information content (AvgIpc) is 2.39. The van der Waals surface area contributed by atoms with Crippen molar-refractivity contribution in [3.63, 3.8) is 0 Å². The average molecular weight is 399 g/mol. The Bertz CT molecular complexity index is 584. The third kappa shape index (κ3) is 4.25. The molecule has 2 nitrogen and oxygen atoms in total. The van der Waals surface area contributed by atoms with Crippen molar-refractivity contribution in [1.29, 1.82) is 0 Å². The highest BCUT2D eigenvalue weighted by atomic mass is 79.9. The normalized spacial score (nSPS) is 10.7. The molecule has 20 heavy (non-hydrogen) atoms. The van der Waals surface area contributed by atoms with Crippen molar-refractivity contribution >= 4 is 37.5 Å². The lowest BCUT2D eigenvalue weighted by Crippen LogP contribution is -2.09. The van der Waals surface area contributed by atoms with Gasteiger partial charge in [-0.05, 0) is 54.0 Å². The van der Waals surface area contributed by atoms with E-state index in [0.717, 1.165) is 32.5 Å². The molecule has 0 spiro atoms. The van der Waals surface area contributed by atoms with Crippen LogP contribution in [0.2, 0.25) is 0 Å². The molecule has 0 bridgehead atoms. The van der Waals surface area contributed by atoms with E-state index < -0.39 is 0 Å². The van der Waals surface area contributed by atoms with Crippen LogP contribution >= 0.6 is 31.9 Å². The van der Waals surface area contributed by atoms with Gasteiger partial charge < -0.3 is 10.1 Å². The molecule has 2 aromatic carbocycles. The van der Waals surface area contributed by atoms with Gasteiger partial charge in [-0.2, -0.15) is 0 Å². The van der Waals surface area contributed by atoms with Gasteiger partial charge in [-0.3, -0.25) is 0 Å².